The van der Waals surface area contributed by atoms with Crippen molar-refractivity contribution < 1.29 is 9.84 Å². The highest BCUT2D eigenvalue weighted by atomic mass is 16.6. The molecule has 3 heteroatoms. The van der Waals surface area contributed by atoms with Crippen LogP contribution < -0.4 is 5.73 Å². The van der Waals surface area contributed by atoms with Gasteiger partial charge in [-0.05, 0) is 6.92 Å². The third-order valence-electron chi connectivity index (χ3n) is 0.845. The Bertz CT molecular complexity index is 56.4. The topological polar surface area (TPSA) is 55.5 Å². The van der Waals surface area contributed by atoms with E-state index in [1.807, 2.05) is 6.92 Å². The molecule has 0 saturated heterocycles. The molecule has 0 saturated carbocycles. The Labute approximate surface area is 49.4 Å². The quantitative estimate of drug-likeness (QED) is 0.501. The summed E-state index contributed by atoms with van der Waals surface area (Å²) in [6.45, 7) is 1.82. The summed E-state index contributed by atoms with van der Waals surface area (Å²) in [7, 11) is 1.45. The zero-order chi connectivity index (χ0) is 6.57. The molecule has 0 amide bonds. The Morgan fingerprint density at radius 2 is 2.25 bits per heavy atom. The van der Waals surface area contributed by atoms with Crippen molar-refractivity contribution in [1.29, 1.82) is 0 Å². The second-order valence-electron chi connectivity index (χ2n) is 1.90. The maximum absolute atomic E-state index is 8.73. The molecule has 0 aliphatic carbocycles. The van der Waals surface area contributed by atoms with Crippen molar-refractivity contribution in [3.05, 3.63) is 0 Å². The van der Waals surface area contributed by atoms with E-state index in [-0.39, 0.29) is 6.04 Å². The Morgan fingerprint density at radius 1 is 1.75 bits per heavy atom. The summed E-state index contributed by atoms with van der Waals surface area (Å²) < 4.78 is 4.54. The summed E-state index contributed by atoms with van der Waals surface area (Å²) >= 11 is 0. The van der Waals surface area contributed by atoms with Gasteiger partial charge in [0.25, 0.3) is 0 Å². The fraction of sp³-hybridized carbons (Fsp3) is 1.00. The zero-order valence-corrected chi connectivity index (χ0v) is 5.29. The van der Waals surface area contributed by atoms with Gasteiger partial charge in [-0.1, -0.05) is 0 Å². The molecule has 0 fully saturated rings. The number of hydrogen-bond acceptors (Lipinski definition) is 3. The number of rotatable bonds is 3. The van der Waals surface area contributed by atoms with Gasteiger partial charge in [-0.15, -0.1) is 0 Å². The van der Waals surface area contributed by atoms with E-state index in [1.165, 1.54) is 7.11 Å². The van der Waals surface area contributed by atoms with Gasteiger partial charge in [0.2, 0.25) is 0 Å². The zero-order valence-electron chi connectivity index (χ0n) is 5.29. The van der Waals surface area contributed by atoms with Crippen molar-refractivity contribution in [3.8, 4) is 0 Å². The van der Waals surface area contributed by atoms with Crippen LogP contribution in [0.4, 0.5) is 0 Å². The van der Waals surface area contributed by atoms with Gasteiger partial charge in [0.05, 0.1) is 0 Å². The Hall–Kier alpha value is -0.120. The molecule has 3 N–H and O–H groups in total. The van der Waals surface area contributed by atoms with Crippen LogP contribution >= 0.6 is 0 Å². The van der Waals surface area contributed by atoms with E-state index in [2.05, 4.69) is 4.74 Å². The Kier molecular flexibility index (Phi) is 3.77. The van der Waals surface area contributed by atoms with Gasteiger partial charge >= 0.3 is 0 Å². The first-order valence-corrected chi connectivity index (χ1v) is 2.63. The van der Waals surface area contributed by atoms with Gasteiger partial charge in [0.15, 0.2) is 6.29 Å². The van der Waals surface area contributed by atoms with Crippen molar-refractivity contribution in [2.24, 2.45) is 5.73 Å². The summed E-state index contributed by atoms with van der Waals surface area (Å²) in [6.07, 6.45) is -0.203. The number of nitrogens with two attached hydrogens (primary N) is 1. The summed E-state index contributed by atoms with van der Waals surface area (Å²) in [5, 5.41) is 8.73. The Morgan fingerprint density at radius 3 is 2.38 bits per heavy atom. The molecule has 0 bridgehead atoms. The predicted octanol–water partition coefficient (Wildman–Crippen LogP) is -0.312. The highest BCUT2D eigenvalue weighted by molar-refractivity contribution is 4.53. The van der Waals surface area contributed by atoms with Crippen molar-refractivity contribution in [3.63, 3.8) is 0 Å². The lowest BCUT2D eigenvalue weighted by atomic mass is 10.2. The second kappa shape index (κ2) is 3.83. The van der Waals surface area contributed by atoms with Gasteiger partial charge in [0, 0.05) is 19.6 Å². The SMILES string of the molecule is COC(O)CC(C)N. The molecule has 0 aliphatic rings. The largest absolute Gasteiger partial charge is 0.368 e. The van der Waals surface area contributed by atoms with Crippen LogP contribution in [0.1, 0.15) is 13.3 Å². The second-order valence-corrected chi connectivity index (χ2v) is 1.90. The van der Waals surface area contributed by atoms with Gasteiger partial charge in [-0.25, -0.2) is 0 Å². The van der Waals surface area contributed by atoms with Crippen LogP contribution in [0.2, 0.25) is 0 Å². The third-order valence-corrected chi connectivity index (χ3v) is 0.845. The molecule has 0 aromatic rings. The first-order chi connectivity index (χ1) is 3.66. The van der Waals surface area contributed by atoms with Crippen molar-refractivity contribution in [2.75, 3.05) is 7.11 Å². The number of aliphatic hydroxyl groups excluding tert-OH is 1. The molecule has 3 nitrogen and oxygen atoms in total. The molecule has 0 spiro atoms. The summed E-state index contributed by atoms with van der Waals surface area (Å²) in [5.41, 5.74) is 5.33. The van der Waals surface area contributed by atoms with Crippen LogP contribution in [0.5, 0.6) is 0 Å². The normalized spacial score (nSPS) is 18.0. The molecule has 0 heterocycles. The lowest BCUT2D eigenvalue weighted by Crippen LogP contribution is -2.23. The van der Waals surface area contributed by atoms with Crippen molar-refractivity contribution in [2.45, 2.75) is 25.7 Å². The summed E-state index contributed by atoms with van der Waals surface area (Å²) in [6, 6.07) is 0.00458. The van der Waals surface area contributed by atoms with Gasteiger partial charge in [-0.2, -0.15) is 0 Å². The Balaban J connectivity index is 3.10. The molecule has 0 rings (SSSR count). The summed E-state index contributed by atoms with van der Waals surface area (Å²) in [4.78, 5) is 0. The van der Waals surface area contributed by atoms with Crippen LogP contribution in [-0.4, -0.2) is 24.5 Å². The molecular formula is C5H13NO2. The van der Waals surface area contributed by atoms with Gasteiger partial charge in [0.1, 0.15) is 0 Å². The molecular weight excluding hydrogens is 106 g/mol. The number of aliphatic hydroxyl groups is 1. The number of methoxy groups -OCH3 is 1. The van der Waals surface area contributed by atoms with Crippen molar-refractivity contribution >= 4 is 0 Å². The van der Waals surface area contributed by atoms with E-state index in [4.69, 9.17) is 10.8 Å². The monoisotopic (exact) mass is 119 g/mol. The fourth-order valence-corrected chi connectivity index (χ4v) is 0.414. The number of hydrogen-bond donors (Lipinski definition) is 2. The van der Waals surface area contributed by atoms with Crippen LogP contribution in [0.3, 0.4) is 0 Å². The molecule has 0 radical (unpaired) electrons. The highest BCUT2D eigenvalue weighted by Gasteiger charge is 2.02. The summed E-state index contributed by atoms with van der Waals surface area (Å²) in [5.74, 6) is 0. The van der Waals surface area contributed by atoms with Crippen LogP contribution in [0.25, 0.3) is 0 Å². The minimum atomic E-state index is -0.699. The average Bonchev–Trinajstić information content (AvgIpc) is 1.65. The number of ether oxygens (including phenoxy) is 1. The first-order valence-electron chi connectivity index (χ1n) is 2.63. The average molecular weight is 119 g/mol. The van der Waals surface area contributed by atoms with Crippen molar-refractivity contribution in [1.82, 2.24) is 0 Å². The minimum absolute atomic E-state index is 0.00458. The van der Waals surface area contributed by atoms with Gasteiger partial charge < -0.3 is 15.6 Å². The van der Waals surface area contributed by atoms with E-state index in [0.717, 1.165) is 0 Å². The van der Waals surface area contributed by atoms with E-state index in [0.29, 0.717) is 6.42 Å². The van der Waals surface area contributed by atoms with E-state index in [1.54, 1.807) is 0 Å². The van der Waals surface area contributed by atoms with E-state index >= 15 is 0 Å². The molecule has 8 heavy (non-hydrogen) atoms. The van der Waals surface area contributed by atoms with Crippen LogP contribution in [0.15, 0.2) is 0 Å². The third kappa shape index (κ3) is 4.05. The predicted molar refractivity (Wildman–Crippen MR) is 31.3 cm³/mol. The van der Waals surface area contributed by atoms with E-state index < -0.39 is 6.29 Å². The van der Waals surface area contributed by atoms with Crippen LogP contribution in [-0.2, 0) is 4.74 Å². The smallest absolute Gasteiger partial charge is 0.155 e. The fourth-order valence-electron chi connectivity index (χ4n) is 0.414. The highest BCUT2D eigenvalue weighted by Crippen LogP contribution is 1.93. The molecule has 50 valence electrons. The van der Waals surface area contributed by atoms with Gasteiger partial charge in [-0.3, -0.25) is 0 Å². The lowest BCUT2D eigenvalue weighted by molar-refractivity contribution is -0.0806. The molecule has 0 aliphatic heterocycles. The lowest BCUT2D eigenvalue weighted by Gasteiger charge is -2.09. The standard InChI is InChI=1S/C5H13NO2/c1-4(6)3-5(7)8-2/h4-5,7H,3,6H2,1-2H3. The molecule has 0 aromatic carbocycles. The van der Waals surface area contributed by atoms with Crippen LogP contribution in [0, 0.1) is 0 Å². The maximum Gasteiger partial charge on any atom is 0.155 e. The first kappa shape index (κ1) is 7.88. The molecule has 0 aromatic heterocycles. The molecule has 2 unspecified atom stereocenters. The maximum atomic E-state index is 8.73. The minimum Gasteiger partial charge on any atom is -0.368 e. The van der Waals surface area contributed by atoms with E-state index in [9.17, 15) is 0 Å². The molecule has 2 atom stereocenters.